The average molecular weight is 267 g/mol. The minimum absolute atomic E-state index is 0.681. The molecule has 1 aromatic heterocycles. The van der Waals surface area contributed by atoms with Crippen LogP contribution in [0.5, 0.6) is 0 Å². The average Bonchev–Trinajstić information content (AvgIpc) is 2.67. The van der Waals surface area contributed by atoms with Gasteiger partial charge in [-0.2, -0.15) is 4.98 Å². The number of aromatic nitrogens is 3. The first-order valence-corrected chi connectivity index (χ1v) is 5.32. The fraction of sp³-hybridized carbons (Fsp3) is 0.200. The third-order valence-corrected chi connectivity index (χ3v) is 2.69. The van der Waals surface area contributed by atoms with Crippen LogP contribution in [0.25, 0.3) is 11.4 Å². The van der Waals surface area contributed by atoms with Gasteiger partial charge in [-0.1, -0.05) is 34.1 Å². The molecule has 15 heavy (non-hydrogen) atoms. The third kappa shape index (κ3) is 2.02. The molecule has 2 rings (SSSR count). The molecule has 0 radical (unpaired) electrons. The number of anilines is 1. The Hall–Kier alpha value is -1.36. The molecular formula is C10H11BrN4. The van der Waals surface area contributed by atoms with E-state index in [0.29, 0.717) is 5.95 Å². The Morgan fingerprint density at radius 2 is 2.00 bits per heavy atom. The number of nitrogens with zero attached hydrogens (tertiary/aromatic N) is 3. The molecule has 0 saturated carbocycles. The van der Waals surface area contributed by atoms with Gasteiger partial charge in [-0.25, -0.2) is 0 Å². The van der Waals surface area contributed by atoms with Crippen molar-refractivity contribution in [2.75, 3.05) is 19.0 Å². The van der Waals surface area contributed by atoms with Crippen molar-refractivity contribution in [2.45, 2.75) is 0 Å². The maximum Gasteiger partial charge on any atom is 0.244 e. The van der Waals surface area contributed by atoms with E-state index in [-0.39, 0.29) is 0 Å². The number of H-pyrrole nitrogens is 1. The van der Waals surface area contributed by atoms with E-state index in [4.69, 9.17) is 0 Å². The van der Waals surface area contributed by atoms with Gasteiger partial charge in [0, 0.05) is 24.1 Å². The predicted molar refractivity (Wildman–Crippen MR) is 63.8 cm³/mol. The van der Waals surface area contributed by atoms with Crippen LogP contribution in [-0.2, 0) is 0 Å². The van der Waals surface area contributed by atoms with Crippen LogP contribution in [0.2, 0.25) is 0 Å². The molecule has 1 aromatic carbocycles. The Morgan fingerprint density at radius 1 is 1.27 bits per heavy atom. The number of nitrogens with one attached hydrogen (secondary N) is 1. The highest BCUT2D eigenvalue weighted by Crippen LogP contribution is 2.25. The molecule has 0 fully saturated rings. The zero-order chi connectivity index (χ0) is 10.8. The van der Waals surface area contributed by atoms with Gasteiger partial charge in [0.1, 0.15) is 0 Å². The normalized spacial score (nSPS) is 10.3. The standard InChI is InChI=1S/C10H11BrN4/c1-15(2)10-12-9(13-14-10)7-5-3-4-6-8(7)11/h3-6H,1-2H3,(H,12,13,14). The van der Waals surface area contributed by atoms with Gasteiger partial charge in [0.05, 0.1) is 0 Å². The smallest absolute Gasteiger partial charge is 0.244 e. The van der Waals surface area contributed by atoms with Crippen molar-refractivity contribution in [1.82, 2.24) is 15.2 Å². The maximum atomic E-state index is 4.37. The monoisotopic (exact) mass is 266 g/mol. The Bertz CT molecular complexity index is 464. The molecule has 0 atom stereocenters. The summed E-state index contributed by atoms with van der Waals surface area (Å²) < 4.78 is 1.01. The first-order chi connectivity index (χ1) is 7.18. The van der Waals surface area contributed by atoms with Crippen LogP contribution in [0.4, 0.5) is 5.95 Å². The topological polar surface area (TPSA) is 44.8 Å². The highest BCUT2D eigenvalue weighted by Gasteiger charge is 2.08. The first kappa shape index (κ1) is 10.2. The number of halogens is 1. The van der Waals surface area contributed by atoms with Crippen molar-refractivity contribution in [3.8, 4) is 11.4 Å². The van der Waals surface area contributed by atoms with Gasteiger partial charge in [-0.3, -0.25) is 5.10 Å². The predicted octanol–water partition coefficient (Wildman–Crippen LogP) is 2.30. The van der Waals surface area contributed by atoms with Crippen molar-refractivity contribution >= 4 is 21.9 Å². The lowest BCUT2D eigenvalue weighted by atomic mass is 10.2. The van der Waals surface area contributed by atoms with Crippen molar-refractivity contribution in [3.05, 3.63) is 28.7 Å². The first-order valence-electron chi connectivity index (χ1n) is 4.53. The van der Waals surface area contributed by atoms with E-state index >= 15 is 0 Å². The molecule has 4 nitrogen and oxygen atoms in total. The largest absolute Gasteiger partial charge is 0.346 e. The Balaban J connectivity index is 2.42. The van der Waals surface area contributed by atoms with Gasteiger partial charge in [-0.15, -0.1) is 5.10 Å². The molecule has 0 amide bonds. The Kier molecular flexibility index (Phi) is 2.73. The van der Waals surface area contributed by atoms with Gasteiger partial charge >= 0.3 is 0 Å². The van der Waals surface area contributed by atoms with E-state index in [2.05, 4.69) is 31.1 Å². The fourth-order valence-electron chi connectivity index (χ4n) is 1.23. The third-order valence-electron chi connectivity index (χ3n) is 2.00. The van der Waals surface area contributed by atoms with Crippen LogP contribution in [-0.4, -0.2) is 29.3 Å². The molecule has 0 aliphatic carbocycles. The summed E-state index contributed by atoms with van der Waals surface area (Å²) in [5, 5.41) is 7.01. The molecule has 0 saturated heterocycles. The lowest BCUT2D eigenvalue weighted by Crippen LogP contribution is -2.10. The van der Waals surface area contributed by atoms with Crippen LogP contribution >= 0.6 is 15.9 Å². The minimum atomic E-state index is 0.681. The SMILES string of the molecule is CN(C)c1n[nH]c(-c2ccccc2Br)n1. The molecule has 1 heterocycles. The van der Waals surface area contributed by atoms with Crippen molar-refractivity contribution in [2.24, 2.45) is 0 Å². The van der Waals surface area contributed by atoms with Crippen LogP contribution in [0.1, 0.15) is 0 Å². The number of rotatable bonds is 2. The van der Waals surface area contributed by atoms with E-state index in [1.54, 1.807) is 0 Å². The number of hydrogen-bond acceptors (Lipinski definition) is 3. The molecule has 0 aliphatic rings. The van der Waals surface area contributed by atoms with Crippen LogP contribution < -0.4 is 4.90 Å². The lowest BCUT2D eigenvalue weighted by Gasteiger charge is -2.03. The summed E-state index contributed by atoms with van der Waals surface area (Å²) in [7, 11) is 3.82. The summed E-state index contributed by atoms with van der Waals surface area (Å²) in [5.41, 5.74) is 1.01. The van der Waals surface area contributed by atoms with Crippen molar-refractivity contribution in [3.63, 3.8) is 0 Å². The zero-order valence-corrected chi connectivity index (χ0v) is 10.1. The summed E-state index contributed by atoms with van der Waals surface area (Å²) in [6.45, 7) is 0. The molecule has 0 aliphatic heterocycles. The molecule has 2 aromatic rings. The van der Waals surface area contributed by atoms with Crippen LogP contribution in [0, 0.1) is 0 Å². The van der Waals surface area contributed by atoms with Gasteiger partial charge in [-0.05, 0) is 6.07 Å². The summed E-state index contributed by atoms with van der Waals surface area (Å²) in [4.78, 5) is 6.23. The second kappa shape index (κ2) is 4.02. The fourth-order valence-corrected chi connectivity index (χ4v) is 1.70. The van der Waals surface area contributed by atoms with Gasteiger partial charge in [0.2, 0.25) is 5.95 Å². The minimum Gasteiger partial charge on any atom is -0.346 e. The quantitative estimate of drug-likeness (QED) is 0.908. The van der Waals surface area contributed by atoms with Gasteiger partial charge < -0.3 is 4.90 Å². The van der Waals surface area contributed by atoms with E-state index in [1.807, 2.05) is 43.3 Å². The maximum absolute atomic E-state index is 4.37. The molecular weight excluding hydrogens is 256 g/mol. The van der Waals surface area contributed by atoms with Crippen molar-refractivity contribution < 1.29 is 0 Å². The highest BCUT2D eigenvalue weighted by molar-refractivity contribution is 9.10. The van der Waals surface area contributed by atoms with E-state index in [0.717, 1.165) is 15.9 Å². The second-order valence-corrected chi connectivity index (χ2v) is 4.21. The molecule has 5 heteroatoms. The molecule has 0 bridgehead atoms. The van der Waals surface area contributed by atoms with Crippen LogP contribution in [0.3, 0.4) is 0 Å². The summed E-state index contributed by atoms with van der Waals surface area (Å²) in [5.74, 6) is 1.45. The number of aromatic amines is 1. The second-order valence-electron chi connectivity index (χ2n) is 3.36. The molecule has 78 valence electrons. The van der Waals surface area contributed by atoms with Crippen LogP contribution in [0.15, 0.2) is 28.7 Å². The Labute approximate surface area is 96.5 Å². The molecule has 0 spiro atoms. The summed E-state index contributed by atoms with van der Waals surface area (Å²) in [6, 6.07) is 7.91. The van der Waals surface area contributed by atoms with Gasteiger partial charge in [0.25, 0.3) is 0 Å². The molecule has 0 unspecified atom stereocenters. The number of benzene rings is 1. The van der Waals surface area contributed by atoms with Crippen molar-refractivity contribution in [1.29, 1.82) is 0 Å². The van der Waals surface area contributed by atoms with Gasteiger partial charge in [0.15, 0.2) is 5.82 Å². The van der Waals surface area contributed by atoms with E-state index < -0.39 is 0 Å². The lowest BCUT2D eigenvalue weighted by molar-refractivity contribution is 0.999. The Morgan fingerprint density at radius 3 is 2.60 bits per heavy atom. The summed E-state index contributed by atoms with van der Waals surface area (Å²) >= 11 is 3.48. The highest BCUT2D eigenvalue weighted by atomic mass is 79.9. The molecule has 1 N–H and O–H groups in total. The van der Waals surface area contributed by atoms with E-state index in [9.17, 15) is 0 Å². The zero-order valence-electron chi connectivity index (χ0n) is 8.53. The summed E-state index contributed by atoms with van der Waals surface area (Å²) in [6.07, 6.45) is 0. The van der Waals surface area contributed by atoms with E-state index in [1.165, 1.54) is 0 Å². The number of hydrogen-bond donors (Lipinski definition) is 1.